The van der Waals surface area contributed by atoms with Crippen LogP contribution in [0.15, 0.2) is 21.4 Å². The highest BCUT2D eigenvalue weighted by molar-refractivity contribution is 9.10. The highest BCUT2D eigenvalue weighted by Crippen LogP contribution is 2.16. The maximum absolute atomic E-state index is 5.15. The third-order valence-electron chi connectivity index (χ3n) is 2.27. The molecule has 1 aromatic rings. The Morgan fingerprint density at radius 2 is 2.38 bits per heavy atom. The van der Waals surface area contributed by atoms with Crippen molar-refractivity contribution in [2.45, 2.75) is 19.5 Å². The lowest BCUT2D eigenvalue weighted by Crippen LogP contribution is -2.37. The van der Waals surface area contributed by atoms with Crippen molar-refractivity contribution < 1.29 is 9.15 Å². The van der Waals surface area contributed by atoms with Crippen LogP contribution in [0.4, 0.5) is 0 Å². The molecule has 0 saturated carbocycles. The zero-order chi connectivity index (χ0) is 11.8. The number of halogens is 1. The van der Waals surface area contributed by atoms with E-state index >= 15 is 0 Å². The molecule has 1 atom stereocenters. The van der Waals surface area contributed by atoms with Crippen LogP contribution >= 0.6 is 15.9 Å². The number of hydrogen-bond donors (Lipinski definition) is 2. The van der Waals surface area contributed by atoms with E-state index in [-0.39, 0.29) is 0 Å². The lowest BCUT2D eigenvalue weighted by atomic mass is 10.3. The van der Waals surface area contributed by atoms with E-state index in [1.807, 2.05) is 6.07 Å². The molecule has 1 rings (SSSR count). The van der Waals surface area contributed by atoms with Gasteiger partial charge in [-0.15, -0.1) is 0 Å². The molecule has 2 N–H and O–H groups in total. The third-order valence-corrected chi connectivity index (χ3v) is 2.96. The van der Waals surface area contributed by atoms with Gasteiger partial charge in [-0.25, -0.2) is 0 Å². The van der Waals surface area contributed by atoms with Crippen molar-refractivity contribution in [3.8, 4) is 0 Å². The van der Waals surface area contributed by atoms with E-state index < -0.39 is 0 Å². The second kappa shape index (κ2) is 7.84. The number of hydrogen-bond acceptors (Lipinski definition) is 4. The molecule has 0 spiro atoms. The molecule has 0 aliphatic heterocycles. The van der Waals surface area contributed by atoms with Gasteiger partial charge in [0.25, 0.3) is 0 Å². The molecule has 5 heteroatoms. The number of nitrogens with one attached hydrogen (secondary N) is 2. The van der Waals surface area contributed by atoms with Gasteiger partial charge in [-0.2, -0.15) is 0 Å². The average molecular weight is 291 g/mol. The SMILES string of the molecule is COCCNCC(C)NCc1ccoc1Br. The van der Waals surface area contributed by atoms with Crippen LogP contribution in [0, 0.1) is 0 Å². The molecule has 0 aliphatic carbocycles. The standard InChI is InChI=1S/C11H19BrN2O2/c1-9(7-13-4-6-15-2)14-8-10-3-5-16-11(10)12/h3,5,9,13-14H,4,6-8H2,1-2H3. The zero-order valence-corrected chi connectivity index (χ0v) is 11.3. The van der Waals surface area contributed by atoms with Crippen molar-refractivity contribution in [1.82, 2.24) is 10.6 Å². The van der Waals surface area contributed by atoms with Gasteiger partial charge >= 0.3 is 0 Å². The van der Waals surface area contributed by atoms with Crippen LogP contribution < -0.4 is 10.6 Å². The summed E-state index contributed by atoms with van der Waals surface area (Å²) in [4.78, 5) is 0. The Kier molecular flexibility index (Phi) is 6.71. The molecule has 1 unspecified atom stereocenters. The summed E-state index contributed by atoms with van der Waals surface area (Å²) in [5, 5.41) is 6.72. The monoisotopic (exact) mass is 290 g/mol. The smallest absolute Gasteiger partial charge is 0.173 e. The summed E-state index contributed by atoms with van der Waals surface area (Å²) in [7, 11) is 1.71. The first-order valence-corrected chi connectivity index (χ1v) is 6.18. The van der Waals surface area contributed by atoms with Crippen LogP contribution in [-0.4, -0.2) is 32.8 Å². The van der Waals surface area contributed by atoms with Gasteiger partial charge in [0, 0.05) is 38.3 Å². The van der Waals surface area contributed by atoms with E-state index in [2.05, 4.69) is 33.5 Å². The summed E-state index contributed by atoms with van der Waals surface area (Å²) in [6.07, 6.45) is 1.68. The summed E-state index contributed by atoms with van der Waals surface area (Å²) in [5.74, 6) is 0. The molecule has 4 nitrogen and oxygen atoms in total. The molecule has 0 saturated heterocycles. The first kappa shape index (κ1) is 13.7. The fraction of sp³-hybridized carbons (Fsp3) is 0.636. The maximum atomic E-state index is 5.15. The quantitative estimate of drug-likeness (QED) is 0.716. The summed E-state index contributed by atoms with van der Waals surface area (Å²) < 4.78 is 10.9. The number of methoxy groups -OCH3 is 1. The summed E-state index contributed by atoms with van der Waals surface area (Å²) in [5.41, 5.74) is 1.14. The molecule has 0 aromatic carbocycles. The van der Waals surface area contributed by atoms with Crippen LogP contribution in [0.25, 0.3) is 0 Å². The van der Waals surface area contributed by atoms with E-state index in [0.717, 1.165) is 36.5 Å². The average Bonchev–Trinajstić information content (AvgIpc) is 2.67. The van der Waals surface area contributed by atoms with Crippen molar-refractivity contribution in [2.75, 3.05) is 26.8 Å². The first-order chi connectivity index (χ1) is 7.74. The highest BCUT2D eigenvalue weighted by Gasteiger charge is 2.05. The highest BCUT2D eigenvalue weighted by atomic mass is 79.9. The van der Waals surface area contributed by atoms with Crippen molar-refractivity contribution >= 4 is 15.9 Å². The molecule has 1 heterocycles. The molecule has 0 fully saturated rings. The van der Waals surface area contributed by atoms with Crippen molar-refractivity contribution in [3.05, 3.63) is 22.6 Å². The lowest BCUT2D eigenvalue weighted by molar-refractivity contribution is 0.198. The van der Waals surface area contributed by atoms with Gasteiger partial charge in [-0.05, 0) is 28.9 Å². The van der Waals surface area contributed by atoms with Crippen molar-refractivity contribution in [3.63, 3.8) is 0 Å². The predicted molar refractivity (Wildman–Crippen MR) is 67.5 cm³/mol. The molecular formula is C11H19BrN2O2. The number of ether oxygens (including phenoxy) is 1. The minimum Gasteiger partial charge on any atom is -0.457 e. The van der Waals surface area contributed by atoms with Gasteiger partial charge in [0.05, 0.1) is 12.9 Å². The molecule has 92 valence electrons. The number of rotatable bonds is 8. The topological polar surface area (TPSA) is 46.4 Å². The van der Waals surface area contributed by atoms with E-state index in [0.29, 0.717) is 6.04 Å². The van der Waals surface area contributed by atoms with Crippen LogP contribution in [0.1, 0.15) is 12.5 Å². The second-order valence-corrected chi connectivity index (χ2v) is 4.42. The summed E-state index contributed by atoms with van der Waals surface area (Å²) in [6, 6.07) is 2.38. The lowest BCUT2D eigenvalue weighted by Gasteiger charge is -2.14. The summed E-state index contributed by atoms with van der Waals surface area (Å²) >= 11 is 3.35. The normalized spacial score (nSPS) is 12.9. The van der Waals surface area contributed by atoms with E-state index in [1.165, 1.54) is 0 Å². The van der Waals surface area contributed by atoms with Crippen molar-refractivity contribution in [1.29, 1.82) is 0 Å². The Balaban J connectivity index is 2.10. The van der Waals surface area contributed by atoms with Crippen LogP contribution in [-0.2, 0) is 11.3 Å². The molecular weight excluding hydrogens is 272 g/mol. The minimum atomic E-state index is 0.415. The Morgan fingerprint density at radius 3 is 3.00 bits per heavy atom. The fourth-order valence-electron chi connectivity index (χ4n) is 1.29. The summed E-state index contributed by atoms with van der Waals surface area (Å²) in [6.45, 7) is 5.52. The molecule has 16 heavy (non-hydrogen) atoms. The number of furan rings is 1. The van der Waals surface area contributed by atoms with E-state index in [4.69, 9.17) is 9.15 Å². The van der Waals surface area contributed by atoms with Crippen molar-refractivity contribution in [2.24, 2.45) is 0 Å². The molecule has 0 bridgehead atoms. The predicted octanol–water partition coefficient (Wildman–Crippen LogP) is 1.76. The van der Waals surface area contributed by atoms with E-state index in [1.54, 1.807) is 13.4 Å². The third kappa shape index (κ3) is 5.12. The Morgan fingerprint density at radius 1 is 1.56 bits per heavy atom. The maximum Gasteiger partial charge on any atom is 0.173 e. The van der Waals surface area contributed by atoms with Crippen LogP contribution in [0.5, 0.6) is 0 Å². The molecule has 0 radical (unpaired) electrons. The largest absolute Gasteiger partial charge is 0.457 e. The Hall–Kier alpha value is -0.360. The van der Waals surface area contributed by atoms with Gasteiger partial charge in [0.15, 0.2) is 4.67 Å². The minimum absolute atomic E-state index is 0.415. The Bertz CT molecular complexity index is 291. The molecule has 1 aromatic heterocycles. The van der Waals surface area contributed by atoms with Gasteiger partial charge in [0.2, 0.25) is 0 Å². The second-order valence-electron chi connectivity index (χ2n) is 3.70. The van der Waals surface area contributed by atoms with Crippen LogP contribution in [0.2, 0.25) is 0 Å². The van der Waals surface area contributed by atoms with Gasteiger partial charge in [-0.3, -0.25) is 0 Å². The van der Waals surface area contributed by atoms with Gasteiger partial charge in [-0.1, -0.05) is 0 Å². The first-order valence-electron chi connectivity index (χ1n) is 5.39. The molecule has 0 amide bonds. The Labute approximate surface area is 105 Å². The fourth-order valence-corrected chi connectivity index (χ4v) is 1.67. The van der Waals surface area contributed by atoms with E-state index in [9.17, 15) is 0 Å². The van der Waals surface area contributed by atoms with Gasteiger partial charge < -0.3 is 19.8 Å². The van der Waals surface area contributed by atoms with Gasteiger partial charge in [0.1, 0.15) is 0 Å². The molecule has 0 aliphatic rings. The van der Waals surface area contributed by atoms with Crippen LogP contribution in [0.3, 0.4) is 0 Å². The zero-order valence-electron chi connectivity index (χ0n) is 9.75.